The third kappa shape index (κ3) is 9.82. The van der Waals surface area contributed by atoms with E-state index in [0.717, 1.165) is 21.9 Å². The lowest BCUT2D eigenvalue weighted by Gasteiger charge is -2.29. The van der Waals surface area contributed by atoms with E-state index in [4.69, 9.17) is 9.47 Å². The van der Waals surface area contributed by atoms with Gasteiger partial charge in [-0.2, -0.15) is 0 Å². The number of benzene rings is 3. The van der Waals surface area contributed by atoms with Crippen LogP contribution in [-0.2, 0) is 36.9 Å². The molecule has 0 bridgehead atoms. The first-order valence-electron chi connectivity index (χ1n) is 14.7. The van der Waals surface area contributed by atoms with Gasteiger partial charge in [-0.3, -0.25) is 9.59 Å². The Morgan fingerprint density at radius 1 is 0.907 bits per heavy atom. The summed E-state index contributed by atoms with van der Waals surface area (Å²) in [5.74, 6) is -2.51. The Morgan fingerprint density at radius 3 is 2.40 bits per heavy atom. The monoisotopic (exact) mass is 589 g/mol. The highest BCUT2D eigenvalue weighted by Gasteiger charge is 2.29. The van der Waals surface area contributed by atoms with Crippen molar-refractivity contribution in [1.29, 1.82) is 0 Å². The van der Waals surface area contributed by atoms with Crippen LogP contribution in [0.2, 0.25) is 0 Å². The molecule has 1 heterocycles. The number of ether oxygens (including phenoxy) is 2. The van der Waals surface area contributed by atoms with E-state index >= 15 is 0 Å². The summed E-state index contributed by atoms with van der Waals surface area (Å²) in [6.45, 7) is 2.30. The molecule has 1 saturated heterocycles. The molecule has 0 aliphatic carbocycles. The highest BCUT2D eigenvalue weighted by atomic mass is 16.5. The van der Waals surface area contributed by atoms with Gasteiger partial charge in [-0.15, -0.1) is 0 Å². The van der Waals surface area contributed by atoms with Crippen LogP contribution < -0.4 is 10.6 Å². The predicted octanol–water partition coefficient (Wildman–Crippen LogP) is 3.91. The normalized spacial score (nSPS) is 14.5. The SMILES string of the molecule is O=C(NCCCC[C@H](NC(=O)C(CC(=O)N1CCOCC1)Cc1cccc2ccccc12)C(=O)O)OCc1ccccc1. The molecule has 0 spiro atoms. The molecule has 0 saturated carbocycles. The summed E-state index contributed by atoms with van der Waals surface area (Å²) in [5.41, 5.74) is 1.80. The fourth-order valence-corrected chi connectivity index (χ4v) is 5.13. The molecule has 4 rings (SSSR count). The number of carboxylic acid groups (broad SMARTS) is 1. The van der Waals surface area contributed by atoms with E-state index in [0.29, 0.717) is 52.1 Å². The molecule has 10 nitrogen and oxygen atoms in total. The Hall–Kier alpha value is -4.44. The standard InChI is InChI=1S/C33H39N3O7/c37-30(36-17-19-42-20-18-36)22-27(21-26-13-8-12-25-11-4-5-14-28(25)26)31(38)35-29(32(39)40)15-6-7-16-34-33(41)43-23-24-9-2-1-3-10-24/h1-5,8-14,27,29H,6-7,15-23H2,(H,34,41)(H,35,38)(H,39,40)/t27?,29-/m0/s1. The topological polar surface area (TPSA) is 134 Å². The van der Waals surface area contributed by atoms with Crippen LogP contribution in [0.25, 0.3) is 10.8 Å². The Balaban J connectivity index is 1.32. The number of aliphatic carboxylic acids is 1. The summed E-state index contributed by atoms with van der Waals surface area (Å²) in [6.07, 6.45) is 0.862. The average molecular weight is 590 g/mol. The minimum atomic E-state index is -1.15. The number of amides is 3. The van der Waals surface area contributed by atoms with Gasteiger partial charge in [0.15, 0.2) is 0 Å². The van der Waals surface area contributed by atoms with Crippen molar-refractivity contribution in [2.24, 2.45) is 5.92 Å². The van der Waals surface area contributed by atoms with Crippen molar-refractivity contribution in [3.63, 3.8) is 0 Å². The number of nitrogens with one attached hydrogen (secondary N) is 2. The average Bonchev–Trinajstić information content (AvgIpc) is 3.03. The molecule has 1 fully saturated rings. The maximum Gasteiger partial charge on any atom is 0.407 e. The highest BCUT2D eigenvalue weighted by Crippen LogP contribution is 2.24. The van der Waals surface area contributed by atoms with Gasteiger partial charge < -0.3 is 30.1 Å². The van der Waals surface area contributed by atoms with Crippen molar-refractivity contribution < 1.29 is 33.8 Å². The van der Waals surface area contributed by atoms with Crippen molar-refractivity contribution in [1.82, 2.24) is 15.5 Å². The summed E-state index contributed by atoms with van der Waals surface area (Å²) in [4.78, 5) is 52.4. The van der Waals surface area contributed by atoms with Gasteiger partial charge in [-0.1, -0.05) is 72.8 Å². The summed E-state index contributed by atoms with van der Waals surface area (Å²) in [7, 11) is 0. The summed E-state index contributed by atoms with van der Waals surface area (Å²) in [5, 5.41) is 17.2. The van der Waals surface area contributed by atoms with Gasteiger partial charge in [0.25, 0.3) is 0 Å². The van der Waals surface area contributed by atoms with Crippen molar-refractivity contribution in [3.05, 3.63) is 83.9 Å². The highest BCUT2D eigenvalue weighted by molar-refractivity contribution is 5.90. The maximum atomic E-state index is 13.5. The summed E-state index contributed by atoms with van der Waals surface area (Å²) < 4.78 is 10.5. The number of hydrogen-bond donors (Lipinski definition) is 3. The van der Waals surface area contributed by atoms with E-state index in [-0.39, 0.29) is 25.4 Å². The molecule has 0 radical (unpaired) electrons. The van der Waals surface area contributed by atoms with Gasteiger partial charge >= 0.3 is 12.1 Å². The molecule has 2 atom stereocenters. The molecule has 3 N–H and O–H groups in total. The van der Waals surface area contributed by atoms with Gasteiger partial charge in [0.05, 0.1) is 19.1 Å². The maximum absolute atomic E-state index is 13.5. The Morgan fingerprint density at radius 2 is 1.63 bits per heavy atom. The number of nitrogens with zero attached hydrogens (tertiary/aromatic N) is 1. The van der Waals surface area contributed by atoms with Gasteiger partial charge in [0.1, 0.15) is 12.6 Å². The zero-order valence-electron chi connectivity index (χ0n) is 24.2. The van der Waals surface area contributed by atoms with Crippen molar-refractivity contribution >= 4 is 34.6 Å². The van der Waals surface area contributed by atoms with Gasteiger partial charge in [0.2, 0.25) is 11.8 Å². The fraction of sp³-hybridized carbons (Fsp3) is 0.394. The molecule has 10 heteroatoms. The molecular weight excluding hydrogens is 550 g/mol. The van der Waals surface area contributed by atoms with E-state index in [2.05, 4.69) is 10.6 Å². The molecule has 3 aromatic carbocycles. The second kappa shape index (κ2) is 16.3. The molecule has 3 aromatic rings. The molecule has 1 unspecified atom stereocenters. The number of fused-ring (bicyclic) bond motifs is 1. The molecule has 1 aliphatic rings. The van der Waals surface area contributed by atoms with Crippen molar-refractivity contribution in [3.8, 4) is 0 Å². The Bertz CT molecular complexity index is 1370. The Labute approximate surface area is 251 Å². The third-order valence-electron chi connectivity index (χ3n) is 7.52. The number of rotatable bonds is 14. The number of hydrogen-bond acceptors (Lipinski definition) is 6. The zero-order valence-corrected chi connectivity index (χ0v) is 24.2. The predicted molar refractivity (Wildman–Crippen MR) is 161 cm³/mol. The van der Waals surface area contributed by atoms with E-state index in [1.54, 1.807) is 4.90 Å². The third-order valence-corrected chi connectivity index (χ3v) is 7.52. The molecular formula is C33H39N3O7. The summed E-state index contributed by atoms with van der Waals surface area (Å²) >= 11 is 0. The number of unbranched alkanes of at least 4 members (excludes halogenated alkanes) is 1. The van der Waals surface area contributed by atoms with Gasteiger partial charge in [0, 0.05) is 26.1 Å². The van der Waals surface area contributed by atoms with Gasteiger partial charge in [-0.05, 0) is 47.6 Å². The molecule has 3 amide bonds. The summed E-state index contributed by atoms with van der Waals surface area (Å²) in [6, 6.07) is 21.9. The molecule has 1 aliphatic heterocycles. The second-order valence-electron chi connectivity index (χ2n) is 10.6. The lowest BCUT2D eigenvalue weighted by atomic mass is 9.91. The zero-order chi connectivity index (χ0) is 30.4. The quantitative estimate of drug-likeness (QED) is 0.243. The first-order chi connectivity index (χ1) is 20.9. The number of carbonyl (C=O) groups is 4. The first kappa shape index (κ1) is 31.5. The van der Waals surface area contributed by atoms with Crippen LogP contribution in [0.4, 0.5) is 4.79 Å². The van der Waals surface area contributed by atoms with E-state index in [9.17, 15) is 24.3 Å². The fourth-order valence-electron chi connectivity index (χ4n) is 5.13. The van der Waals surface area contributed by atoms with E-state index in [1.807, 2.05) is 72.8 Å². The lowest BCUT2D eigenvalue weighted by Crippen LogP contribution is -2.46. The van der Waals surface area contributed by atoms with Gasteiger partial charge in [-0.25, -0.2) is 9.59 Å². The Kier molecular flexibility index (Phi) is 11.9. The second-order valence-corrected chi connectivity index (χ2v) is 10.6. The van der Waals surface area contributed by atoms with Crippen LogP contribution in [0.5, 0.6) is 0 Å². The number of morpholine rings is 1. The number of alkyl carbamates (subject to hydrolysis) is 1. The molecule has 43 heavy (non-hydrogen) atoms. The first-order valence-corrected chi connectivity index (χ1v) is 14.7. The van der Waals surface area contributed by atoms with Crippen LogP contribution in [0.15, 0.2) is 72.8 Å². The smallest absolute Gasteiger partial charge is 0.407 e. The minimum Gasteiger partial charge on any atom is -0.480 e. The van der Waals surface area contributed by atoms with Crippen LogP contribution >= 0.6 is 0 Å². The van der Waals surface area contributed by atoms with Crippen molar-refractivity contribution in [2.45, 2.75) is 44.8 Å². The lowest BCUT2D eigenvalue weighted by molar-refractivity contribution is -0.143. The van der Waals surface area contributed by atoms with Crippen molar-refractivity contribution in [2.75, 3.05) is 32.8 Å². The number of carbonyl (C=O) groups excluding carboxylic acids is 3. The van der Waals surface area contributed by atoms with E-state index < -0.39 is 29.9 Å². The number of carboxylic acids is 1. The van der Waals surface area contributed by atoms with Crippen LogP contribution in [0.3, 0.4) is 0 Å². The van der Waals surface area contributed by atoms with Crippen LogP contribution in [0.1, 0.15) is 36.8 Å². The van der Waals surface area contributed by atoms with E-state index in [1.165, 1.54) is 0 Å². The molecule has 0 aromatic heterocycles. The minimum absolute atomic E-state index is 0.0313. The van der Waals surface area contributed by atoms with Crippen LogP contribution in [-0.4, -0.2) is 72.8 Å². The molecule has 228 valence electrons. The largest absolute Gasteiger partial charge is 0.480 e. The van der Waals surface area contributed by atoms with Crippen LogP contribution in [0, 0.1) is 5.92 Å².